The van der Waals surface area contributed by atoms with Gasteiger partial charge in [-0.3, -0.25) is 9.78 Å². The van der Waals surface area contributed by atoms with Crippen LogP contribution >= 0.6 is 11.6 Å². The van der Waals surface area contributed by atoms with Crippen molar-refractivity contribution in [3.63, 3.8) is 0 Å². The van der Waals surface area contributed by atoms with Gasteiger partial charge in [0.1, 0.15) is 17.9 Å². The van der Waals surface area contributed by atoms with E-state index in [9.17, 15) is 9.18 Å². The van der Waals surface area contributed by atoms with E-state index in [1.807, 2.05) is 6.92 Å². The molecular weight excluding hydrogens is 357 g/mol. The van der Waals surface area contributed by atoms with Gasteiger partial charge in [0.05, 0.1) is 24.5 Å². The lowest BCUT2D eigenvalue weighted by molar-refractivity contribution is 0.0991. The molecule has 0 aliphatic carbocycles. The topological polar surface area (TPSA) is 65.0 Å². The lowest BCUT2D eigenvalue weighted by atomic mass is 10.1. The molecule has 5 nitrogen and oxygen atoms in total. The van der Waals surface area contributed by atoms with Crippen LogP contribution in [0.3, 0.4) is 0 Å². The van der Waals surface area contributed by atoms with Crippen LogP contribution in [0.25, 0.3) is 0 Å². The van der Waals surface area contributed by atoms with Gasteiger partial charge in [-0.25, -0.2) is 14.4 Å². The molecule has 0 N–H and O–H groups in total. The van der Waals surface area contributed by atoms with Gasteiger partial charge in [0.15, 0.2) is 11.5 Å². The summed E-state index contributed by atoms with van der Waals surface area (Å²) < 4.78 is 19.2. The molecule has 0 aliphatic rings. The van der Waals surface area contributed by atoms with Crippen LogP contribution < -0.4 is 4.74 Å². The Bertz CT molecular complexity index is 935. The summed E-state index contributed by atoms with van der Waals surface area (Å²) in [5, 5.41) is 0.365. The highest BCUT2D eigenvalue weighted by Gasteiger charge is 2.13. The fourth-order valence-corrected chi connectivity index (χ4v) is 2.62. The number of halogens is 2. The summed E-state index contributed by atoms with van der Waals surface area (Å²) in [5.41, 5.74) is 1.23. The van der Waals surface area contributed by atoms with Crippen molar-refractivity contribution < 1.29 is 13.9 Å². The number of nitrogens with zero attached hydrogens (tertiary/aromatic N) is 3. The van der Waals surface area contributed by atoms with Crippen LogP contribution in [-0.2, 0) is 12.8 Å². The zero-order valence-corrected chi connectivity index (χ0v) is 14.7. The summed E-state index contributed by atoms with van der Waals surface area (Å²) in [4.78, 5) is 24.5. The Labute approximate surface area is 154 Å². The first-order valence-electron chi connectivity index (χ1n) is 7.96. The minimum atomic E-state index is -0.368. The van der Waals surface area contributed by atoms with Crippen molar-refractivity contribution in [3.05, 3.63) is 76.8 Å². The lowest BCUT2D eigenvalue weighted by Gasteiger charge is -2.08. The Kier molecular flexibility index (Phi) is 5.53. The number of carbonyl (C=O) groups is 1. The second-order valence-corrected chi connectivity index (χ2v) is 5.97. The quantitative estimate of drug-likeness (QED) is 0.599. The fourth-order valence-electron chi connectivity index (χ4n) is 2.40. The van der Waals surface area contributed by atoms with Gasteiger partial charge in [0.2, 0.25) is 0 Å². The Morgan fingerprint density at radius 3 is 2.65 bits per heavy atom. The Morgan fingerprint density at radius 2 is 1.92 bits per heavy atom. The highest BCUT2D eigenvalue weighted by atomic mass is 35.5. The SMILES string of the molecule is CCc1nc(CC(=O)c2cc(Cl)cc(Oc3cncnc3)c2)ccc1F. The summed E-state index contributed by atoms with van der Waals surface area (Å²) in [7, 11) is 0. The highest BCUT2D eigenvalue weighted by Crippen LogP contribution is 2.26. The maximum Gasteiger partial charge on any atom is 0.169 e. The van der Waals surface area contributed by atoms with E-state index in [4.69, 9.17) is 16.3 Å². The second kappa shape index (κ2) is 8.01. The molecule has 0 saturated carbocycles. The maximum atomic E-state index is 13.6. The fraction of sp³-hybridized carbons (Fsp3) is 0.158. The molecule has 2 aromatic heterocycles. The normalized spacial score (nSPS) is 10.6. The number of benzene rings is 1. The molecule has 1 aromatic carbocycles. The second-order valence-electron chi connectivity index (χ2n) is 5.54. The van der Waals surface area contributed by atoms with Crippen LogP contribution in [0.4, 0.5) is 4.39 Å². The van der Waals surface area contributed by atoms with Gasteiger partial charge < -0.3 is 4.74 Å². The molecule has 0 saturated heterocycles. The van der Waals surface area contributed by atoms with Gasteiger partial charge in [-0.1, -0.05) is 18.5 Å². The summed E-state index contributed by atoms with van der Waals surface area (Å²) >= 11 is 6.10. The van der Waals surface area contributed by atoms with E-state index in [1.54, 1.807) is 18.2 Å². The number of ketones is 1. The molecule has 0 radical (unpaired) electrons. The van der Waals surface area contributed by atoms with Crippen LogP contribution in [0, 0.1) is 5.82 Å². The number of aryl methyl sites for hydroxylation is 1. The Morgan fingerprint density at radius 1 is 1.15 bits per heavy atom. The average molecular weight is 372 g/mol. The van der Waals surface area contributed by atoms with E-state index in [-0.39, 0.29) is 18.0 Å². The van der Waals surface area contributed by atoms with Gasteiger partial charge in [-0.05, 0) is 36.8 Å². The van der Waals surface area contributed by atoms with E-state index in [0.29, 0.717) is 39.9 Å². The third kappa shape index (κ3) is 4.40. The van der Waals surface area contributed by atoms with Gasteiger partial charge in [-0.2, -0.15) is 0 Å². The van der Waals surface area contributed by atoms with Crippen molar-refractivity contribution in [3.8, 4) is 11.5 Å². The van der Waals surface area contributed by atoms with Crippen LogP contribution in [0.5, 0.6) is 11.5 Å². The molecule has 132 valence electrons. The molecule has 0 aliphatic heterocycles. The summed E-state index contributed by atoms with van der Waals surface area (Å²) in [6.45, 7) is 1.81. The van der Waals surface area contributed by atoms with Crippen molar-refractivity contribution in [2.45, 2.75) is 19.8 Å². The van der Waals surface area contributed by atoms with Gasteiger partial charge in [-0.15, -0.1) is 0 Å². The minimum absolute atomic E-state index is 0.0432. The molecule has 0 amide bonds. The van der Waals surface area contributed by atoms with E-state index in [1.165, 1.54) is 30.9 Å². The molecule has 3 rings (SSSR count). The highest BCUT2D eigenvalue weighted by molar-refractivity contribution is 6.31. The zero-order valence-electron chi connectivity index (χ0n) is 13.9. The van der Waals surface area contributed by atoms with Crippen molar-refractivity contribution in [2.24, 2.45) is 0 Å². The van der Waals surface area contributed by atoms with E-state index in [2.05, 4.69) is 15.0 Å². The predicted molar refractivity (Wildman–Crippen MR) is 95.2 cm³/mol. The summed E-state index contributed by atoms with van der Waals surface area (Å²) in [5.74, 6) is 0.271. The van der Waals surface area contributed by atoms with Gasteiger partial charge >= 0.3 is 0 Å². The lowest BCUT2D eigenvalue weighted by Crippen LogP contribution is -2.07. The molecular formula is C19H15ClFN3O2. The van der Waals surface area contributed by atoms with Crippen molar-refractivity contribution in [1.82, 2.24) is 15.0 Å². The van der Waals surface area contributed by atoms with E-state index >= 15 is 0 Å². The summed E-state index contributed by atoms with van der Waals surface area (Å²) in [6.07, 6.45) is 4.90. The first-order valence-corrected chi connectivity index (χ1v) is 8.34. The average Bonchev–Trinajstić information content (AvgIpc) is 2.63. The van der Waals surface area contributed by atoms with Crippen LogP contribution in [-0.4, -0.2) is 20.7 Å². The number of pyridine rings is 1. The zero-order chi connectivity index (χ0) is 18.5. The van der Waals surface area contributed by atoms with Crippen LogP contribution in [0.2, 0.25) is 5.02 Å². The number of aromatic nitrogens is 3. The molecule has 2 heterocycles. The minimum Gasteiger partial charge on any atom is -0.454 e. The van der Waals surface area contributed by atoms with Crippen molar-refractivity contribution in [1.29, 1.82) is 0 Å². The maximum absolute atomic E-state index is 13.6. The standard InChI is InChI=1S/C19H15ClFN3O2/c1-2-18-17(21)4-3-14(24-18)8-19(25)12-5-13(20)7-15(6-12)26-16-9-22-11-23-10-16/h3-7,9-11H,2,8H2,1H3. The number of hydrogen-bond donors (Lipinski definition) is 0. The van der Waals surface area contributed by atoms with Gasteiger partial charge in [0.25, 0.3) is 0 Å². The first-order chi connectivity index (χ1) is 12.5. The Hall–Kier alpha value is -2.86. The predicted octanol–water partition coefficient (Wildman–Crippen LogP) is 4.44. The van der Waals surface area contributed by atoms with Crippen LogP contribution in [0.15, 0.2) is 49.1 Å². The van der Waals surface area contributed by atoms with E-state index < -0.39 is 0 Å². The van der Waals surface area contributed by atoms with E-state index in [0.717, 1.165) is 0 Å². The smallest absolute Gasteiger partial charge is 0.169 e. The molecule has 0 fully saturated rings. The monoisotopic (exact) mass is 371 g/mol. The third-order valence-corrected chi connectivity index (χ3v) is 3.84. The Balaban J connectivity index is 1.81. The molecule has 7 heteroatoms. The molecule has 0 spiro atoms. The number of Topliss-reactive ketones (excluding diaryl/α,β-unsaturated/α-hetero) is 1. The van der Waals surface area contributed by atoms with Gasteiger partial charge in [0, 0.05) is 16.3 Å². The number of rotatable bonds is 6. The number of hydrogen-bond acceptors (Lipinski definition) is 5. The largest absolute Gasteiger partial charge is 0.454 e. The molecule has 0 bridgehead atoms. The van der Waals surface area contributed by atoms with Crippen LogP contribution in [0.1, 0.15) is 28.7 Å². The number of ether oxygens (including phenoxy) is 1. The molecule has 0 atom stereocenters. The number of carbonyl (C=O) groups excluding carboxylic acids is 1. The molecule has 26 heavy (non-hydrogen) atoms. The van der Waals surface area contributed by atoms with Crippen molar-refractivity contribution in [2.75, 3.05) is 0 Å². The molecule has 3 aromatic rings. The summed E-state index contributed by atoms with van der Waals surface area (Å²) in [6, 6.07) is 7.58. The first kappa shape index (κ1) is 17.9. The van der Waals surface area contributed by atoms with Crippen molar-refractivity contribution >= 4 is 17.4 Å². The molecule has 0 unspecified atom stereocenters. The third-order valence-electron chi connectivity index (χ3n) is 3.62.